The van der Waals surface area contributed by atoms with E-state index in [0.29, 0.717) is 11.6 Å². The lowest BCUT2D eigenvalue weighted by Crippen LogP contribution is -2.21. The van der Waals surface area contributed by atoms with Crippen LogP contribution in [0, 0.1) is 12.8 Å². The summed E-state index contributed by atoms with van der Waals surface area (Å²) in [4.78, 5) is 24.7. The molecule has 2 aromatic carbocycles. The van der Waals surface area contributed by atoms with Crippen LogP contribution in [0.1, 0.15) is 42.3 Å². The van der Waals surface area contributed by atoms with Crippen LogP contribution in [0.15, 0.2) is 57.7 Å². The van der Waals surface area contributed by atoms with Crippen molar-refractivity contribution in [1.82, 2.24) is 9.78 Å². The highest BCUT2D eigenvalue weighted by molar-refractivity contribution is 6.30. The van der Waals surface area contributed by atoms with Crippen LogP contribution in [-0.2, 0) is 22.7 Å². The summed E-state index contributed by atoms with van der Waals surface area (Å²) in [7, 11) is 0. The number of carbonyl (C=O) groups is 1. The Bertz CT molecular complexity index is 1040. The van der Waals surface area contributed by atoms with Gasteiger partial charge in [-0.05, 0) is 41.7 Å². The second-order valence-electron chi connectivity index (χ2n) is 7.23. The largest absolute Gasteiger partial charge is 0.455 e. The maximum Gasteiger partial charge on any atom is 0.437 e. The van der Waals surface area contributed by atoms with Gasteiger partial charge in [-0.1, -0.05) is 61.8 Å². The molecular weight excluding hydrogens is 392 g/mol. The number of carbonyl (C=O) groups excluding carboxylic acids is 1. The van der Waals surface area contributed by atoms with Crippen LogP contribution in [0.5, 0.6) is 0 Å². The molecule has 0 aliphatic heterocycles. The monoisotopic (exact) mass is 414 g/mol. The second kappa shape index (κ2) is 9.09. The average Bonchev–Trinajstić information content (AvgIpc) is 3.03. The zero-order chi connectivity index (χ0) is 21.0. The molecule has 152 valence electrons. The minimum atomic E-state index is -0.586. The van der Waals surface area contributed by atoms with Crippen molar-refractivity contribution in [2.75, 3.05) is 0 Å². The Morgan fingerprint density at radius 1 is 1.17 bits per heavy atom. The predicted octanol–water partition coefficient (Wildman–Crippen LogP) is 4.33. The molecule has 0 saturated carbocycles. The van der Waals surface area contributed by atoms with E-state index < -0.39 is 17.6 Å². The van der Waals surface area contributed by atoms with Crippen LogP contribution < -0.4 is 5.76 Å². The molecule has 0 saturated heterocycles. The zero-order valence-corrected chi connectivity index (χ0v) is 17.3. The fourth-order valence-electron chi connectivity index (χ4n) is 3.14. The molecule has 0 bridgehead atoms. The normalized spacial score (nSPS) is 12.2. The highest BCUT2D eigenvalue weighted by Gasteiger charge is 2.26. The molecule has 0 amide bonds. The van der Waals surface area contributed by atoms with Crippen LogP contribution in [-0.4, -0.2) is 15.7 Å². The van der Waals surface area contributed by atoms with Crippen molar-refractivity contribution in [2.45, 2.75) is 39.8 Å². The van der Waals surface area contributed by atoms with Gasteiger partial charge in [-0.25, -0.2) is 4.79 Å². The lowest BCUT2D eigenvalue weighted by atomic mass is 9.88. The third kappa shape index (κ3) is 5.15. The van der Waals surface area contributed by atoms with E-state index in [4.69, 9.17) is 20.8 Å². The van der Waals surface area contributed by atoms with E-state index >= 15 is 0 Å². The van der Waals surface area contributed by atoms with Gasteiger partial charge in [-0.15, -0.1) is 5.10 Å². The van der Waals surface area contributed by atoms with Crippen molar-refractivity contribution >= 4 is 17.6 Å². The van der Waals surface area contributed by atoms with Gasteiger partial charge in [0.05, 0.1) is 12.5 Å². The van der Waals surface area contributed by atoms with E-state index in [2.05, 4.69) is 5.10 Å². The number of rotatable bonds is 7. The van der Waals surface area contributed by atoms with Crippen LogP contribution in [0.4, 0.5) is 0 Å². The lowest BCUT2D eigenvalue weighted by molar-refractivity contribution is -0.148. The van der Waals surface area contributed by atoms with Gasteiger partial charge >= 0.3 is 11.7 Å². The van der Waals surface area contributed by atoms with Gasteiger partial charge < -0.3 is 9.15 Å². The number of hydrogen-bond donors (Lipinski definition) is 0. The van der Waals surface area contributed by atoms with Gasteiger partial charge in [-0.3, -0.25) is 4.79 Å². The molecule has 29 heavy (non-hydrogen) atoms. The number of benzene rings is 2. The first-order valence-corrected chi connectivity index (χ1v) is 9.76. The van der Waals surface area contributed by atoms with E-state index in [1.165, 1.54) is 4.68 Å². The fourth-order valence-corrected chi connectivity index (χ4v) is 3.27. The van der Waals surface area contributed by atoms with E-state index in [9.17, 15) is 9.59 Å². The molecule has 3 aromatic rings. The Labute approximate surface area is 174 Å². The van der Waals surface area contributed by atoms with Crippen molar-refractivity contribution in [3.05, 3.63) is 86.7 Å². The number of ether oxygens (including phenoxy) is 1. The lowest BCUT2D eigenvalue weighted by Gasteiger charge is -2.19. The van der Waals surface area contributed by atoms with E-state index in [1.54, 1.807) is 12.1 Å². The van der Waals surface area contributed by atoms with Crippen LogP contribution in [0.2, 0.25) is 5.02 Å². The first kappa shape index (κ1) is 20.9. The first-order valence-electron chi connectivity index (χ1n) is 9.38. The second-order valence-corrected chi connectivity index (χ2v) is 7.66. The number of hydrogen-bond acceptors (Lipinski definition) is 5. The van der Waals surface area contributed by atoms with Gasteiger partial charge in [0.15, 0.2) is 6.61 Å². The maximum atomic E-state index is 12.7. The predicted molar refractivity (Wildman–Crippen MR) is 110 cm³/mol. The van der Waals surface area contributed by atoms with Crippen molar-refractivity contribution in [2.24, 2.45) is 5.92 Å². The molecule has 0 fully saturated rings. The molecule has 1 heterocycles. The van der Waals surface area contributed by atoms with E-state index in [1.807, 2.05) is 57.2 Å². The molecule has 1 aromatic heterocycles. The summed E-state index contributed by atoms with van der Waals surface area (Å²) in [6.45, 7) is 5.94. The molecule has 1 unspecified atom stereocenters. The summed E-state index contributed by atoms with van der Waals surface area (Å²) in [5.74, 6) is -1.35. The fraction of sp³-hybridized carbons (Fsp3) is 0.318. The molecule has 0 N–H and O–H groups in total. The van der Waals surface area contributed by atoms with Gasteiger partial charge in [-0.2, -0.15) is 4.68 Å². The molecular formula is C22H23ClN2O4. The van der Waals surface area contributed by atoms with Crippen molar-refractivity contribution in [1.29, 1.82) is 0 Å². The zero-order valence-electron chi connectivity index (χ0n) is 16.6. The molecule has 0 aliphatic rings. The Hall–Kier alpha value is -2.86. The highest BCUT2D eigenvalue weighted by atomic mass is 35.5. The molecule has 0 spiro atoms. The van der Waals surface area contributed by atoms with Crippen LogP contribution in [0.25, 0.3) is 0 Å². The quantitative estimate of drug-likeness (QED) is 0.538. The topological polar surface area (TPSA) is 74.3 Å². The smallest absolute Gasteiger partial charge is 0.437 e. The van der Waals surface area contributed by atoms with Crippen molar-refractivity contribution in [3.8, 4) is 0 Å². The van der Waals surface area contributed by atoms with Gasteiger partial charge in [0.2, 0.25) is 0 Å². The minimum absolute atomic E-state index is 0.0225. The SMILES string of the molecule is Cc1ccccc1Cn1nc(COC(=O)C(c2ccc(Cl)cc2)C(C)C)oc1=O. The standard InChI is InChI=1S/C22H23ClN2O4/c1-14(2)20(16-8-10-18(23)11-9-16)21(26)28-13-19-24-25(22(27)29-19)12-17-7-5-4-6-15(17)3/h4-11,14,20H,12-13H2,1-3H3. The Balaban J connectivity index is 1.69. The molecule has 0 radical (unpaired) electrons. The van der Waals surface area contributed by atoms with Gasteiger partial charge in [0.1, 0.15) is 0 Å². The summed E-state index contributed by atoms with van der Waals surface area (Å²) in [5.41, 5.74) is 2.84. The number of aryl methyl sites for hydroxylation is 1. The third-order valence-corrected chi connectivity index (χ3v) is 4.97. The summed E-state index contributed by atoms with van der Waals surface area (Å²) >= 11 is 5.93. The average molecular weight is 415 g/mol. The molecule has 3 rings (SSSR count). The number of aromatic nitrogens is 2. The Kier molecular flexibility index (Phi) is 6.54. The number of halogens is 1. The Morgan fingerprint density at radius 3 is 2.52 bits per heavy atom. The third-order valence-electron chi connectivity index (χ3n) is 4.72. The maximum absolute atomic E-state index is 12.7. The van der Waals surface area contributed by atoms with E-state index in [-0.39, 0.29) is 18.4 Å². The molecule has 1 atom stereocenters. The molecule has 7 heteroatoms. The first-order chi connectivity index (χ1) is 13.8. The molecule has 0 aliphatic carbocycles. The summed E-state index contributed by atoms with van der Waals surface area (Å²) in [6.07, 6.45) is 0. The van der Waals surface area contributed by atoms with Gasteiger partial charge in [0.25, 0.3) is 5.89 Å². The highest BCUT2D eigenvalue weighted by Crippen LogP contribution is 2.27. The number of nitrogens with zero attached hydrogens (tertiary/aromatic N) is 2. The van der Waals surface area contributed by atoms with E-state index in [0.717, 1.165) is 16.7 Å². The van der Waals surface area contributed by atoms with Crippen molar-refractivity contribution in [3.63, 3.8) is 0 Å². The summed E-state index contributed by atoms with van der Waals surface area (Å²) < 4.78 is 11.8. The minimum Gasteiger partial charge on any atom is -0.455 e. The molecule has 6 nitrogen and oxygen atoms in total. The Morgan fingerprint density at radius 2 is 1.86 bits per heavy atom. The summed E-state index contributed by atoms with van der Waals surface area (Å²) in [6, 6.07) is 14.8. The summed E-state index contributed by atoms with van der Waals surface area (Å²) in [5, 5.41) is 4.75. The van der Waals surface area contributed by atoms with Crippen molar-refractivity contribution < 1.29 is 13.9 Å². The number of esters is 1. The van der Waals surface area contributed by atoms with Gasteiger partial charge in [0, 0.05) is 5.02 Å². The van der Waals surface area contributed by atoms with Crippen LogP contribution >= 0.6 is 11.6 Å². The van der Waals surface area contributed by atoms with Crippen LogP contribution in [0.3, 0.4) is 0 Å².